The van der Waals surface area contributed by atoms with E-state index in [4.69, 9.17) is 0 Å². The second-order valence-corrected chi connectivity index (χ2v) is 7.14. The Morgan fingerprint density at radius 1 is 1.04 bits per heavy atom. The van der Waals surface area contributed by atoms with Crippen LogP contribution >= 0.6 is 0 Å². The van der Waals surface area contributed by atoms with Crippen LogP contribution in [0.3, 0.4) is 0 Å². The lowest BCUT2D eigenvalue weighted by molar-refractivity contribution is -0.121. The van der Waals surface area contributed by atoms with Crippen molar-refractivity contribution in [2.75, 3.05) is 0 Å². The summed E-state index contributed by atoms with van der Waals surface area (Å²) in [5.74, 6) is 0.390. The second kappa shape index (κ2) is 8.16. The lowest BCUT2D eigenvalue weighted by atomic mass is 9.99. The summed E-state index contributed by atoms with van der Waals surface area (Å²) in [6.07, 6.45) is 0.536. The number of benzene rings is 2. The summed E-state index contributed by atoms with van der Waals surface area (Å²) < 4.78 is 0. The highest BCUT2D eigenvalue weighted by Crippen LogP contribution is 2.18. The Kier molecular flexibility index (Phi) is 5.69. The fraction of sp³-hybridized carbons (Fsp3) is 0.318. The van der Waals surface area contributed by atoms with Crippen LogP contribution in [0.25, 0.3) is 11.0 Å². The maximum absolute atomic E-state index is 12.3. The van der Waals surface area contributed by atoms with Crippen LogP contribution in [-0.4, -0.2) is 15.9 Å². The van der Waals surface area contributed by atoms with Crippen molar-refractivity contribution in [2.24, 2.45) is 0 Å². The van der Waals surface area contributed by atoms with Gasteiger partial charge in [-0.3, -0.25) is 9.59 Å². The van der Waals surface area contributed by atoms with E-state index in [-0.39, 0.29) is 23.9 Å². The first-order chi connectivity index (χ1) is 12.9. The number of aromatic nitrogens is 2. The Bertz CT molecular complexity index is 990. The number of aromatic amines is 1. The van der Waals surface area contributed by atoms with Gasteiger partial charge < -0.3 is 10.3 Å². The van der Waals surface area contributed by atoms with Crippen LogP contribution < -0.4 is 10.9 Å². The number of aryl methyl sites for hydroxylation is 1. The van der Waals surface area contributed by atoms with E-state index in [9.17, 15) is 9.59 Å². The third kappa shape index (κ3) is 4.61. The fourth-order valence-electron chi connectivity index (χ4n) is 3.04. The van der Waals surface area contributed by atoms with Crippen molar-refractivity contribution >= 4 is 16.9 Å². The van der Waals surface area contributed by atoms with Crippen molar-refractivity contribution in [1.29, 1.82) is 0 Å². The number of H-pyrrole nitrogens is 1. The van der Waals surface area contributed by atoms with Crippen molar-refractivity contribution in [3.05, 3.63) is 75.7 Å². The third-order valence-electron chi connectivity index (χ3n) is 4.74. The summed E-state index contributed by atoms with van der Waals surface area (Å²) in [6, 6.07) is 15.6. The Balaban J connectivity index is 1.61. The van der Waals surface area contributed by atoms with Crippen molar-refractivity contribution in [1.82, 2.24) is 15.3 Å². The van der Waals surface area contributed by atoms with E-state index in [1.807, 2.05) is 31.2 Å². The van der Waals surface area contributed by atoms with E-state index in [0.717, 1.165) is 11.1 Å². The maximum Gasteiger partial charge on any atom is 0.270 e. The molecule has 5 heteroatoms. The van der Waals surface area contributed by atoms with E-state index in [2.05, 4.69) is 53.4 Å². The molecule has 3 rings (SSSR count). The smallest absolute Gasteiger partial charge is 0.270 e. The molecule has 2 N–H and O–H groups in total. The van der Waals surface area contributed by atoms with Gasteiger partial charge in [0, 0.05) is 12.8 Å². The average molecular weight is 363 g/mol. The number of nitrogens with one attached hydrogen (secondary N) is 2. The number of hydrogen-bond donors (Lipinski definition) is 2. The first-order valence-corrected chi connectivity index (χ1v) is 9.31. The number of nitrogens with zero attached hydrogens (tertiary/aromatic N) is 1. The summed E-state index contributed by atoms with van der Waals surface area (Å²) in [5.41, 5.74) is 3.92. The molecule has 0 aliphatic rings. The molecule has 0 saturated heterocycles. The lowest BCUT2D eigenvalue weighted by Gasteiger charge is -2.15. The van der Waals surface area contributed by atoms with Gasteiger partial charge in [-0.15, -0.1) is 0 Å². The van der Waals surface area contributed by atoms with Crippen LogP contribution in [0.15, 0.2) is 53.3 Å². The monoisotopic (exact) mass is 363 g/mol. The minimum absolute atomic E-state index is 0.0819. The van der Waals surface area contributed by atoms with Gasteiger partial charge in [0.2, 0.25) is 5.91 Å². The molecule has 0 bridgehead atoms. The molecule has 0 radical (unpaired) electrons. The minimum Gasteiger partial charge on any atom is -0.350 e. The van der Waals surface area contributed by atoms with Gasteiger partial charge in [-0.25, -0.2) is 4.98 Å². The lowest BCUT2D eigenvalue weighted by Crippen LogP contribution is -2.27. The first kappa shape index (κ1) is 18.8. The van der Waals surface area contributed by atoms with Gasteiger partial charge in [0.05, 0.1) is 17.1 Å². The summed E-state index contributed by atoms with van der Waals surface area (Å²) >= 11 is 0. The highest BCUT2D eigenvalue weighted by Gasteiger charge is 2.12. The second-order valence-electron chi connectivity index (χ2n) is 7.14. The molecule has 2 aromatic carbocycles. The number of amides is 1. The van der Waals surface area contributed by atoms with E-state index in [0.29, 0.717) is 23.5 Å². The molecular weight excluding hydrogens is 338 g/mol. The SMILES string of the molecule is CC(C)c1ccc(C(C)NC(=O)CCc2nc3ccccc3[nH]c2=O)cc1. The van der Waals surface area contributed by atoms with Crippen LogP contribution in [0.1, 0.15) is 56.0 Å². The normalized spacial score (nSPS) is 12.3. The molecule has 3 aromatic rings. The van der Waals surface area contributed by atoms with E-state index >= 15 is 0 Å². The Hall–Kier alpha value is -2.95. The molecule has 1 unspecified atom stereocenters. The molecule has 1 heterocycles. The summed E-state index contributed by atoms with van der Waals surface area (Å²) in [4.78, 5) is 31.6. The number of carbonyl (C=O) groups is 1. The van der Waals surface area contributed by atoms with Gasteiger partial charge in [-0.2, -0.15) is 0 Å². The number of para-hydroxylation sites is 2. The fourth-order valence-corrected chi connectivity index (χ4v) is 3.04. The zero-order valence-corrected chi connectivity index (χ0v) is 16.0. The van der Waals surface area contributed by atoms with Gasteiger partial charge >= 0.3 is 0 Å². The highest BCUT2D eigenvalue weighted by molar-refractivity contribution is 5.77. The molecule has 5 nitrogen and oxygen atoms in total. The molecule has 27 heavy (non-hydrogen) atoms. The average Bonchev–Trinajstić information content (AvgIpc) is 2.66. The van der Waals surface area contributed by atoms with Gasteiger partial charge in [0.15, 0.2) is 0 Å². The molecule has 1 atom stereocenters. The molecule has 1 amide bonds. The molecule has 0 fully saturated rings. The molecular formula is C22H25N3O2. The van der Waals surface area contributed by atoms with Crippen LogP contribution in [0, 0.1) is 0 Å². The van der Waals surface area contributed by atoms with Crippen LogP contribution in [0.2, 0.25) is 0 Å². The standard InChI is InChI=1S/C22H25N3O2/c1-14(2)16-8-10-17(11-9-16)15(3)23-21(26)13-12-20-22(27)25-19-7-5-4-6-18(19)24-20/h4-11,14-15H,12-13H2,1-3H3,(H,23,26)(H,25,27). The molecule has 1 aromatic heterocycles. The third-order valence-corrected chi connectivity index (χ3v) is 4.74. The van der Waals surface area contributed by atoms with Gasteiger partial charge in [-0.05, 0) is 36.1 Å². The summed E-state index contributed by atoms with van der Waals surface area (Å²) in [5, 5.41) is 2.99. The minimum atomic E-state index is -0.237. The van der Waals surface area contributed by atoms with Crippen molar-refractivity contribution in [3.63, 3.8) is 0 Å². The van der Waals surface area contributed by atoms with Gasteiger partial charge in [0.1, 0.15) is 5.69 Å². The molecule has 140 valence electrons. The summed E-state index contributed by atoms with van der Waals surface area (Å²) in [6.45, 7) is 6.27. The molecule has 0 aliphatic carbocycles. The maximum atomic E-state index is 12.3. The summed E-state index contributed by atoms with van der Waals surface area (Å²) in [7, 11) is 0. The predicted molar refractivity (Wildman–Crippen MR) is 108 cm³/mol. The van der Waals surface area contributed by atoms with Crippen LogP contribution in [0.4, 0.5) is 0 Å². The van der Waals surface area contributed by atoms with Crippen LogP contribution in [-0.2, 0) is 11.2 Å². The first-order valence-electron chi connectivity index (χ1n) is 9.31. The zero-order valence-electron chi connectivity index (χ0n) is 16.0. The molecule has 0 aliphatic heterocycles. The molecule has 0 saturated carbocycles. The Morgan fingerprint density at radius 2 is 1.70 bits per heavy atom. The number of carbonyl (C=O) groups excluding carboxylic acids is 1. The van der Waals surface area contributed by atoms with Crippen molar-refractivity contribution < 1.29 is 4.79 Å². The molecule has 0 spiro atoms. The van der Waals surface area contributed by atoms with Crippen molar-refractivity contribution in [3.8, 4) is 0 Å². The topological polar surface area (TPSA) is 74.8 Å². The predicted octanol–water partition coefficient (Wildman–Crippen LogP) is 3.86. The van der Waals surface area contributed by atoms with Crippen LogP contribution in [0.5, 0.6) is 0 Å². The number of rotatable bonds is 6. The van der Waals surface area contributed by atoms with E-state index in [1.165, 1.54) is 5.56 Å². The highest BCUT2D eigenvalue weighted by atomic mass is 16.1. The van der Waals surface area contributed by atoms with E-state index < -0.39 is 0 Å². The van der Waals surface area contributed by atoms with E-state index in [1.54, 1.807) is 0 Å². The quantitative estimate of drug-likeness (QED) is 0.698. The van der Waals surface area contributed by atoms with Crippen molar-refractivity contribution in [2.45, 2.75) is 45.6 Å². The zero-order chi connectivity index (χ0) is 19.4. The van der Waals surface area contributed by atoms with Gasteiger partial charge in [-0.1, -0.05) is 50.2 Å². The number of fused-ring (bicyclic) bond motifs is 1. The largest absolute Gasteiger partial charge is 0.350 e. The Labute approximate surface area is 158 Å². The Morgan fingerprint density at radius 3 is 2.41 bits per heavy atom. The van der Waals surface area contributed by atoms with Gasteiger partial charge in [0.25, 0.3) is 5.56 Å². The number of hydrogen-bond acceptors (Lipinski definition) is 3.